The molecule has 0 aliphatic heterocycles. The van der Waals surface area contributed by atoms with Crippen molar-refractivity contribution < 1.29 is 27.5 Å². The Morgan fingerprint density at radius 3 is 2.43 bits per heavy atom. The number of carbonyl (C=O) groups is 1. The fourth-order valence-corrected chi connectivity index (χ4v) is 1.40. The van der Waals surface area contributed by atoms with Crippen LogP contribution in [-0.2, 0) is 6.18 Å². The molecule has 0 radical (unpaired) electrons. The Morgan fingerprint density at radius 1 is 1.33 bits per heavy atom. The first-order chi connectivity index (χ1) is 9.54. The average molecular weight is 309 g/mol. The van der Waals surface area contributed by atoms with Crippen LogP contribution >= 0.6 is 0 Å². The van der Waals surface area contributed by atoms with Crippen LogP contribution in [0.3, 0.4) is 0 Å². The molecule has 0 saturated heterocycles. The van der Waals surface area contributed by atoms with Crippen molar-refractivity contribution in [3.8, 4) is 0 Å². The van der Waals surface area contributed by atoms with Gasteiger partial charge in [-0.3, -0.25) is 4.79 Å². The van der Waals surface area contributed by atoms with E-state index in [1.807, 2.05) is 0 Å². The van der Waals surface area contributed by atoms with Crippen molar-refractivity contribution in [1.29, 1.82) is 0 Å². The Balaban J connectivity index is 3.02. The van der Waals surface area contributed by atoms with E-state index in [4.69, 9.17) is 9.52 Å². The van der Waals surface area contributed by atoms with Gasteiger partial charge in [0.2, 0.25) is 5.76 Å². The van der Waals surface area contributed by atoms with Gasteiger partial charge in [0, 0.05) is 18.7 Å². The summed E-state index contributed by atoms with van der Waals surface area (Å²) in [4.78, 5) is 15.0. The zero-order chi connectivity index (χ0) is 16.3. The topological polar surface area (TPSA) is 87.4 Å². The summed E-state index contributed by atoms with van der Waals surface area (Å²) in [5.74, 6) is -1.92. The molecule has 1 rings (SSSR count). The van der Waals surface area contributed by atoms with Gasteiger partial charge in [0.15, 0.2) is 5.69 Å². The molecule has 0 unspecified atom stereocenters. The SMILES string of the molecule is CC(C)(C)Nc1nc(C(F)(F)F)c(C(=O)NCCCO)o1. The van der Waals surface area contributed by atoms with Gasteiger partial charge in [-0.05, 0) is 27.2 Å². The third-order valence-corrected chi connectivity index (χ3v) is 2.20. The van der Waals surface area contributed by atoms with Crippen LogP contribution in [0.2, 0.25) is 0 Å². The van der Waals surface area contributed by atoms with Gasteiger partial charge in [-0.25, -0.2) is 0 Å². The summed E-state index contributed by atoms with van der Waals surface area (Å²) in [6, 6.07) is -0.373. The number of alkyl halides is 3. The van der Waals surface area contributed by atoms with Gasteiger partial charge in [-0.2, -0.15) is 18.2 Å². The van der Waals surface area contributed by atoms with Crippen LogP contribution in [0.15, 0.2) is 4.42 Å². The molecule has 1 aromatic heterocycles. The van der Waals surface area contributed by atoms with Gasteiger partial charge >= 0.3 is 6.18 Å². The van der Waals surface area contributed by atoms with Crippen LogP contribution in [0.1, 0.15) is 43.4 Å². The summed E-state index contributed by atoms with van der Waals surface area (Å²) in [7, 11) is 0. The first-order valence-electron chi connectivity index (χ1n) is 6.30. The Hall–Kier alpha value is -1.77. The Morgan fingerprint density at radius 2 is 1.95 bits per heavy atom. The van der Waals surface area contributed by atoms with E-state index in [0.717, 1.165) is 0 Å². The molecule has 0 aliphatic rings. The highest BCUT2D eigenvalue weighted by molar-refractivity contribution is 5.92. The van der Waals surface area contributed by atoms with Crippen LogP contribution in [0.5, 0.6) is 0 Å². The number of halogens is 3. The van der Waals surface area contributed by atoms with Crippen LogP contribution in [0, 0.1) is 0 Å². The van der Waals surface area contributed by atoms with Gasteiger partial charge in [0.25, 0.3) is 11.9 Å². The minimum absolute atomic E-state index is 0.0371. The number of nitrogens with one attached hydrogen (secondary N) is 2. The number of rotatable bonds is 5. The number of anilines is 1. The maximum absolute atomic E-state index is 12.9. The lowest BCUT2D eigenvalue weighted by molar-refractivity contribution is -0.141. The molecule has 1 aromatic rings. The van der Waals surface area contributed by atoms with Gasteiger partial charge in [-0.1, -0.05) is 0 Å². The summed E-state index contributed by atoms with van der Waals surface area (Å²) in [6.45, 7) is 5.00. The maximum atomic E-state index is 12.9. The van der Waals surface area contributed by atoms with Gasteiger partial charge in [0.05, 0.1) is 0 Å². The lowest BCUT2D eigenvalue weighted by atomic mass is 10.1. The quantitative estimate of drug-likeness (QED) is 0.724. The molecule has 0 aliphatic carbocycles. The van der Waals surface area contributed by atoms with Crippen LogP contribution in [-0.4, -0.2) is 34.7 Å². The second-order valence-corrected chi connectivity index (χ2v) is 5.40. The van der Waals surface area contributed by atoms with E-state index in [1.165, 1.54) is 0 Å². The first-order valence-corrected chi connectivity index (χ1v) is 6.30. The van der Waals surface area contributed by atoms with E-state index in [-0.39, 0.29) is 25.6 Å². The van der Waals surface area contributed by atoms with E-state index < -0.39 is 29.1 Å². The first kappa shape index (κ1) is 17.3. The Kier molecular flexibility index (Phi) is 5.21. The van der Waals surface area contributed by atoms with E-state index in [9.17, 15) is 18.0 Å². The molecule has 0 bridgehead atoms. The predicted octanol–water partition coefficient (Wildman–Crippen LogP) is 2.02. The van der Waals surface area contributed by atoms with Crippen molar-refractivity contribution in [1.82, 2.24) is 10.3 Å². The van der Waals surface area contributed by atoms with Gasteiger partial charge in [0.1, 0.15) is 0 Å². The monoisotopic (exact) mass is 309 g/mol. The summed E-state index contributed by atoms with van der Waals surface area (Å²) in [5, 5.41) is 13.5. The van der Waals surface area contributed by atoms with Crippen molar-refractivity contribution >= 4 is 11.9 Å². The summed E-state index contributed by atoms with van der Waals surface area (Å²) < 4.78 is 43.5. The van der Waals surface area contributed by atoms with Crippen molar-refractivity contribution in [3.63, 3.8) is 0 Å². The van der Waals surface area contributed by atoms with E-state index in [0.29, 0.717) is 0 Å². The Labute approximate surface area is 119 Å². The van der Waals surface area contributed by atoms with E-state index in [1.54, 1.807) is 20.8 Å². The number of amides is 1. The molecule has 0 fully saturated rings. The largest absolute Gasteiger partial charge is 0.437 e. The minimum atomic E-state index is -4.80. The maximum Gasteiger partial charge on any atom is 0.437 e. The van der Waals surface area contributed by atoms with Crippen molar-refractivity contribution in [2.75, 3.05) is 18.5 Å². The second kappa shape index (κ2) is 6.33. The summed E-state index contributed by atoms with van der Waals surface area (Å²) in [6.07, 6.45) is -4.57. The molecule has 0 spiro atoms. The number of aliphatic hydroxyl groups excluding tert-OH is 1. The van der Waals surface area contributed by atoms with Gasteiger partial charge < -0.3 is 20.2 Å². The van der Waals surface area contributed by atoms with E-state index >= 15 is 0 Å². The predicted molar refractivity (Wildman–Crippen MR) is 68.9 cm³/mol. The highest BCUT2D eigenvalue weighted by Crippen LogP contribution is 2.33. The molecule has 120 valence electrons. The second-order valence-electron chi connectivity index (χ2n) is 5.40. The highest BCUT2D eigenvalue weighted by Gasteiger charge is 2.41. The smallest absolute Gasteiger partial charge is 0.418 e. The Bertz CT molecular complexity index is 492. The van der Waals surface area contributed by atoms with Crippen LogP contribution < -0.4 is 10.6 Å². The third-order valence-electron chi connectivity index (χ3n) is 2.20. The fourth-order valence-electron chi connectivity index (χ4n) is 1.40. The molecular formula is C12H18F3N3O3. The van der Waals surface area contributed by atoms with Gasteiger partial charge in [-0.15, -0.1) is 0 Å². The molecule has 0 saturated carbocycles. The number of aliphatic hydroxyl groups is 1. The highest BCUT2D eigenvalue weighted by atomic mass is 19.4. The average Bonchev–Trinajstić information content (AvgIpc) is 2.70. The van der Waals surface area contributed by atoms with E-state index in [2.05, 4.69) is 15.6 Å². The van der Waals surface area contributed by atoms with Crippen LogP contribution in [0.4, 0.5) is 19.2 Å². The lowest BCUT2D eigenvalue weighted by Gasteiger charge is -2.18. The standard InChI is InChI=1S/C12H18F3N3O3/c1-11(2,3)18-10-17-8(12(13,14)15)7(21-10)9(20)16-5-4-6-19/h19H,4-6H2,1-3H3,(H,16,20)(H,17,18). The van der Waals surface area contributed by atoms with Crippen LogP contribution in [0.25, 0.3) is 0 Å². The minimum Gasteiger partial charge on any atom is -0.418 e. The zero-order valence-electron chi connectivity index (χ0n) is 12.0. The number of nitrogens with zero attached hydrogens (tertiary/aromatic N) is 1. The molecule has 0 atom stereocenters. The number of hydrogen-bond donors (Lipinski definition) is 3. The lowest BCUT2D eigenvalue weighted by Crippen LogP contribution is -2.27. The molecule has 3 N–H and O–H groups in total. The summed E-state index contributed by atoms with van der Waals surface area (Å²) in [5.41, 5.74) is -1.95. The molecular weight excluding hydrogens is 291 g/mol. The number of aromatic nitrogens is 1. The van der Waals surface area contributed by atoms with Crippen molar-refractivity contribution in [2.45, 2.75) is 38.9 Å². The number of hydrogen-bond acceptors (Lipinski definition) is 5. The normalized spacial score (nSPS) is 12.3. The third kappa shape index (κ3) is 5.25. The fraction of sp³-hybridized carbons (Fsp3) is 0.667. The molecule has 0 aromatic carbocycles. The molecule has 1 heterocycles. The molecule has 21 heavy (non-hydrogen) atoms. The zero-order valence-corrected chi connectivity index (χ0v) is 12.0. The molecule has 9 heteroatoms. The van der Waals surface area contributed by atoms with Crippen molar-refractivity contribution in [3.05, 3.63) is 11.5 Å². The number of carbonyl (C=O) groups excluding carboxylic acids is 1. The molecule has 1 amide bonds. The number of oxazole rings is 1. The molecule has 6 nitrogen and oxygen atoms in total. The summed E-state index contributed by atoms with van der Waals surface area (Å²) >= 11 is 0. The van der Waals surface area contributed by atoms with Crippen molar-refractivity contribution in [2.24, 2.45) is 0 Å².